The lowest BCUT2D eigenvalue weighted by Crippen LogP contribution is -2.16. The smallest absolute Gasteiger partial charge is 0.235 e. The van der Waals surface area contributed by atoms with Crippen LogP contribution in [-0.4, -0.2) is 29.9 Å². The lowest BCUT2D eigenvalue weighted by atomic mass is 10.3. The summed E-state index contributed by atoms with van der Waals surface area (Å²) in [5.74, 6) is 1.75. The molecule has 5 nitrogen and oxygen atoms in total. The van der Waals surface area contributed by atoms with Gasteiger partial charge in [-0.25, -0.2) is 4.98 Å². The second-order valence-corrected chi connectivity index (χ2v) is 6.89. The molecule has 126 valence electrons. The number of benzene rings is 1. The van der Waals surface area contributed by atoms with Gasteiger partial charge in [-0.15, -0.1) is 11.8 Å². The van der Waals surface area contributed by atoms with E-state index in [4.69, 9.17) is 32.7 Å². The van der Waals surface area contributed by atoms with Crippen LogP contribution in [0.25, 0.3) is 0 Å². The first-order chi connectivity index (χ1) is 11.5. The second-order valence-electron chi connectivity index (χ2n) is 5.03. The standard InChI is InChI=1S/C16H14Cl2N2O3S/c1-9-11(17)7-12(18)16(19-9)20-15(21)8-24-10-2-3-13-14(6-10)23-5-4-22-13/h2-3,6-7H,4-5,8H2,1H3,(H,19,20,21). The molecule has 2 aromatic rings. The first-order valence-electron chi connectivity index (χ1n) is 7.18. The van der Waals surface area contributed by atoms with Crippen LogP contribution in [-0.2, 0) is 4.79 Å². The molecule has 1 aliphatic heterocycles. The van der Waals surface area contributed by atoms with Crippen molar-refractivity contribution in [2.75, 3.05) is 24.3 Å². The Kier molecular flexibility index (Phi) is 5.38. The number of pyridine rings is 1. The monoisotopic (exact) mass is 384 g/mol. The third kappa shape index (κ3) is 4.06. The Hall–Kier alpha value is -1.63. The summed E-state index contributed by atoms with van der Waals surface area (Å²) >= 11 is 13.4. The number of hydrogen-bond donors (Lipinski definition) is 1. The molecule has 0 aliphatic carbocycles. The van der Waals surface area contributed by atoms with E-state index in [-0.39, 0.29) is 11.7 Å². The number of carbonyl (C=O) groups is 1. The number of carbonyl (C=O) groups excluding carboxylic acids is 1. The van der Waals surface area contributed by atoms with Crippen LogP contribution in [0.2, 0.25) is 10.0 Å². The maximum atomic E-state index is 12.1. The van der Waals surface area contributed by atoms with Gasteiger partial charge in [-0.2, -0.15) is 0 Å². The van der Waals surface area contributed by atoms with Crippen molar-refractivity contribution < 1.29 is 14.3 Å². The predicted octanol–water partition coefficient (Wildman–Crippen LogP) is 4.20. The number of fused-ring (bicyclic) bond motifs is 1. The van der Waals surface area contributed by atoms with Gasteiger partial charge >= 0.3 is 0 Å². The summed E-state index contributed by atoms with van der Waals surface area (Å²) in [6.07, 6.45) is 0. The SMILES string of the molecule is Cc1nc(NC(=O)CSc2ccc3c(c2)OCCO3)c(Cl)cc1Cl. The molecule has 24 heavy (non-hydrogen) atoms. The molecule has 0 spiro atoms. The molecule has 0 saturated carbocycles. The number of thioether (sulfide) groups is 1. The number of rotatable bonds is 4. The van der Waals surface area contributed by atoms with Crippen molar-refractivity contribution >= 4 is 46.7 Å². The molecule has 8 heteroatoms. The molecule has 0 atom stereocenters. The van der Waals surface area contributed by atoms with Crippen molar-refractivity contribution in [3.63, 3.8) is 0 Å². The topological polar surface area (TPSA) is 60.5 Å². The molecule has 1 aliphatic rings. The van der Waals surface area contributed by atoms with Crippen LogP contribution in [0.5, 0.6) is 11.5 Å². The molecule has 1 N–H and O–H groups in total. The Morgan fingerprint density at radius 2 is 1.96 bits per heavy atom. The van der Waals surface area contributed by atoms with Crippen molar-refractivity contribution in [1.29, 1.82) is 0 Å². The summed E-state index contributed by atoms with van der Waals surface area (Å²) in [5.41, 5.74) is 0.607. The van der Waals surface area contributed by atoms with Crippen LogP contribution < -0.4 is 14.8 Å². The van der Waals surface area contributed by atoms with E-state index in [9.17, 15) is 4.79 Å². The maximum absolute atomic E-state index is 12.1. The number of ether oxygens (including phenoxy) is 2. The van der Waals surface area contributed by atoms with Crippen molar-refractivity contribution in [3.05, 3.63) is 40.0 Å². The number of amides is 1. The van der Waals surface area contributed by atoms with Gasteiger partial charge in [0, 0.05) is 4.90 Å². The fraction of sp³-hybridized carbons (Fsp3) is 0.250. The number of aromatic nitrogens is 1. The maximum Gasteiger partial charge on any atom is 0.235 e. The molecular formula is C16H14Cl2N2O3S. The van der Waals surface area contributed by atoms with Gasteiger partial charge in [0.25, 0.3) is 0 Å². The third-order valence-electron chi connectivity index (χ3n) is 3.25. The Labute approximate surface area is 153 Å². The number of aryl methyl sites for hydroxylation is 1. The van der Waals surface area contributed by atoms with E-state index in [1.807, 2.05) is 18.2 Å². The normalized spacial score (nSPS) is 12.8. The molecule has 1 amide bonds. The lowest BCUT2D eigenvalue weighted by Gasteiger charge is -2.18. The minimum atomic E-state index is -0.203. The summed E-state index contributed by atoms with van der Waals surface area (Å²) < 4.78 is 11.0. The molecule has 0 radical (unpaired) electrons. The van der Waals surface area contributed by atoms with Crippen LogP contribution in [0.1, 0.15) is 5.69 Å². The van der Waals surface area contributed by atoms with Crippen LogP contribution in [0.3, 0.4) is 0 Å². The van der Waals surface area contributed by atoms with E-state index >= 15 is 0 Å². The van der Waals surface area contributed by atoms with Gasteiger partial charge in [-0.3, -0.25) is 4.79 Å². The summed E-state index contributed by atoms with van der Waals surface area (Å²) in [4.78, 5) is 17.2. The van der Waals surface area contributed by atoms with Crippen LogP contribution in [0.4, 0.5) is 5.82 Å². The van der Waals surface area contributed by atoms with Gasteiger partial charge in [-0.1, -0.05) is 23.2 Å². The molecule has 1 aromatic heterocycles. The summed E-state index contributed by atoms with van der Waals surface area (Å²) in [7, 11) is 0. The number of halogens is 2. The van der Waals surface area contributed by atoms with E-state index in [1.165, 1.54) is 11.8 Å². The van der Waals surface area contributed by atoms with Gasteiger partial charge < -0.3 is 14.8 Å². The van der Waals surface area contributed by atoms with E-state index < -0.39 is 0 Å². The molecule has 0 unspecified atom stereocenters. The first-order valence-corrected chi connectivity index (χ1v) is 8.92. The van der Waals surface area contributed by atoms with E-state index in [2.05, 4.69) is 10.3 Å². The number of nitrogens with zero attached hydrogens (tertiary/aromatic N) is 1. The van der Waals surface area contributed by atoms with Crippen LogP contribution >= 0.6 is 35.0 Å². The number of nitrogens with one attached hydrogen (secondary N) is 1. The predicted molar refractivity (Wildman–Crippen MR) is 95.8 cm³/mol. The minimum Gasteiger partial charge on any atom is -0.486 e. The van der Waals surface area contributed by atoms with Gasteiger partial charge in [0.1, 0.15) is 13.2 Å². The highest BCUT2D eigenvalue weighted by Gasteiger charge is 2.14. The zero-order valence-electron chi connectivity index (χ0n) is 12.8. The van der Waals surface area contributed by atoms with Gasteiger partial charge in [0.2, 0.25) is 5.91 Å². The third-order valence-corrected chi connectivity index (χ3v) is 4.91. The lowest BCUT2D eigenvalue weighted by molar-refractivity contribution is -0.113. The summed E-state index contributed by atoms with van der Waals surface area (Å²) in [6.45, 7) is 2.83. The van der Waals surface area contributed by atoms with Gasteiger partial charge in [0.05, 0.1) is 21.5 Å². The van der Waals surface area contributed by atoms with Crippen molar-refractivity contribution in [3.8, 4) is 11.5 Å². The van der Waals surface area contributed by atoms with Gasteiger partial charge in [0.15, 0.2) is 17.3 Å². The minimum absolute atomic E-state index is 0.203. The van der Waals surface area contributed by atoms with Crippen LogP contribution in [0.15, 0.2) is 29.2 Å². The summed E-state index contributed by atoms with van der Waals surface area (Å²) in [6, 6.07) is 7.16. The molecule has 0 bridgehead atoms. The van der Waals surface area contributed by atoms with Crippen molar-refractivity contribution in [1.82, 2.24) is 4.98 Å². The van der Waals surface area contributed by atoms with E-state index in [0.29, 0.717) is 40.5 Å². The number of hydrogen-bond acceptors (Lipinski definition) is 5. The molecule has 2 heterocycles. The van der Waals surface area contributed by atoms with Crippen molar-refractivity contribution in [2.24, 2.45) is 0 Å². The number of anilines is 1. The van der Waals surface area contributed by atoms with E-state index in [1.54, 1.807) is 13.0 Å². The highest BCUT2D eigenvalue weighted by molar-refractivity contribution is 8.00. The largest absolute Gasteiger partial charge is 0.486 e. The average molecular weight is 385 g/mol. The highest BCUT2D eigenvalue weighted by atomic mass is 35.5. The molecule has 1 aromatic carbocycles. The Balaban J connectivity index is 1.61. The fourth-order valence-electron chi connectivity index (χ4n) is 2.08. The molecular weight excluding hydrogens is 371 g/mol. The van der Waals surface area contributed by atoms with Crippen LogP contribution in [0, 0.1) is 6.92 Å². The van der Waals surface area contributed by atoms with Crippen molar-refractivity contribution in [2.45, 2.75) is 11.8 Å². The Bertz CT molecular complexity index is 786. The summed E-state index contributed by atoms with van der Waals surface area (Å²) in [5, 5.41) is 3.46. The Morgan fingerprint density at radius 1 is 1.21 bits per heavy atom. The zero-order valence-corrected chi connectivity index (χ0v) is 15.1. The quantitative estimate of drug-likeness (QED) is 0.800. The molecule has 0 saturated heterocycles. The average Bonchev–Trinajstić information content (AvgIpc) is 2.57. The highest BCUT2D eigenvalue weighted by Crippen LogP contribution is 2.34. The first kappa shape index (κ1) is 17.2. The molecule has 3 rings (SSSR count). The zero-order chi connectivity index (χ0) is 17.1. The fourth-order valence-corrected chi connectivity index (χ4v) is 3.21. The van der Waals surface area contributed by atoms with E-state index in [0.717, 1.165) is 10.6 Å². The van der Waals surface area contributed by atoms with Gasteiger partial charge in [-0.05, 0) is 31.2 Å². The Morgan fingerprint density at radius 3 is 2.75 bits per heavy atom. The molecule has 0 fully saturated rings. The second kappa shape index (κ2) is 7.51.